The van der Waals surface area contributed by atoms with Crippen molar-refractivity contribution < 1.29 is 4.79 Å². The van der Waals surface area contributed by atoms with Crippen LogP contribution in [-0.4, -0.2) is 15.7 Å². The quantitative estimate of drug-likeness (QED) is 0.938. The number of aromatic nitrogens is 2. The smallest absolute Gasteiger partial charge is 0.228 e. The molecule has 1 aliphatic rings. The van der Waals surface area contributed by atoms with Gasteiger partial charge in [0.1, 0.15) is 5.82 Å². The Balaban J connectivity index is 1.95. The van der Waals surface area contributed by atoms with Crippen LogP contribution in [0.1, 0.15) is 30.2 Å². The fraction of sp³-hybridized carbons (Fsp3) is 0.412. The van der Waals surface area contributed by atoms with Gasteiger partial charge in [0.25, 0.3) is 0 Å². The Morgan fingerprint density at radius 1 is 1.29 bits per heavy atom. The van der Waals surface area contributed by atoms with Gasteiger partial charge in [-0.15, -0.1) is 0 Å². The third-order valence-corrected chi connectivity index (χ3v) is 4.12. The van der Waals surface area contributed by atoms with Crippen molar-refractivity contribution in [2.45, 2.75) is 34.1 Å². The molecule has 1 fully saturated rings. The van der Waals surface area contributed by atoms with E-state index in [1.807, 2.05) is 17.7 Å². The third-order valence-electron chi connectivity index (χ3n) is 4.12. The number of hydrogen-bond acceptors (Lipinski definition) is 2. The maximum absolute atomic E-state index is 12.2. The summed E-state index contributed by atoms with van der Waals surface area (Å²) in [6, 6.07) is 8.18. The van der Waals surface area contributed by atoms with Crippen molar-refractivity contribution in [3.63, 3.8) is 0 Å². The van der Waals surface area contributed by atoms with E-state index >= 15 is 0 Å². The Morgan fingerprint density at radius 3 is 2.67 bits per heavy atom. The number of nitrogens with one attached hydrogen (secondary N) is 1. The van der Waals surface area contributed by atoms with Gasteiger partial charge < -0.3 is 5.32 Å². The second-order valence-corrected chi connectivity index (χ2v) is 6.18. The van der Waals surface area contributed by atoms with Crippen molar-refractivity contribution in [2.24, 2.45) is 11.8 Å². The summed E-state index contributed by atoms with van der Waals surface area (Å²) in [4.78, 5) is 12.2. The molecule has 21 heavy (non-hydrogen) atoms. The van der Waals surface area contributed by atoms with Gasteiger partial charge in [-0.25, -0.2) is 4.68 Å². The van der Waals surface area contributed by atoms with E-state index < -0.39 is 0 Å². The lowest BCUT2D eigenvalue weighted by Crippen LogP contribution is -2.17. The van der Waals surface area contributed by atoms with Gasteiger partial charge in [0, 0.05) is 12.0 Å². The molecular weight excluding hydrogens is 262 g/mol. The number of hydrogen-bond donors (Lipinski definition) is 1. The van der Waals surface area contributed by atoms with Crippen molar-refractivity contribution in [3.8, 4) is 5.69 Å². The van der Waals surface area contributed by atoms with Crippen molar-refractivity contribution >= 4 is 11.7 Å². The Hall–Kier alpha value is -2.10. The van der Waals surface area contributed by atoms with E-state index in [1.54, 1.807) is 0 Å². The largest absolute Gasteiger partial charge is 0.310 e. The molecule has 2 atom stereocenters. The number of rotatable bonds is 3. The summed E-state index contributed by atoms with van der Waals surface area (Å²) in [7, 11) is 0. The van der Waals surface area contributed by atoms with Crippen molar-refractivity contribution in [1.82, 2.24) is 9.78 Å². The van der Waals surface area contributed by atoms with Crippen LogP contribution in [0.4, 0.5) is 5.82 Å². The lowest BCUT2D eigenvalue weighted by atomic mass is 10.1. The topological polar surface area (TPSA) is 46.9 Å². The Morgan fingerprint density at radius 2 is 2.00 bits per heavy atom. The fourth-order valence-electron chi connectivity index (χ4n) is 2.63. The number of benzene rings is 1. The number of amides is 1. The molecule has 0 unspecified atom stereocenters. The average Bonchev–Trinajstić information content (AvgIpc) is 3.05. The molecule has 1 saturated carbocycles. The minimum Gasteiger partial charge on any atom is -0.310 e. The molecule has 1 aromatic carbocycles. The maximum atomic E-state index is 12.2. The van der Waals surface area contributed by atoms with Crippen LogP contribution in [-0.2, 0) is 4.79 Å². The van der Waals surface area contributed by atoms with Gasteiger partial charge in [0.2, 0.25) is 5.91 Å². The van der Waals surface area contributed by atoms with E-state index in [-0.39, 0.29) is 11.8 Å². The second kappa shape index (κ2) is 5.02. The molecule has 0 radical (unpaired) electrons. The van der Waals surface area contributed by atoms with Gasteiger partial charge >= 0.3 is 0 Å². The predicted octanol–water partition coefficient (Wildman–Crippen LogP) is 3.39. The van der Waals surface area contributed by atoms with E-state index in [1.165, 1.54) is 5.56 Å². The van der Waals surface area contributed by atoms with Crippen LogP contribution < -0.4 is 5.32 Å². The minimum absolute atomic E-state index is 0.106. The number of nitrogens with zero attached hydrogens (tertiary/aromatic N) is 2. The number of carbonyl (C=O) groups is 1. The highest BCUT2D eigenvalue weighted by atomic mass is 16.2. The van der Waals surface area contributed by atoms with Crippen LogP contribution in [0.15, 0.2) is 24.3 Å². The first kappa shape index (κ1) is 13.9. The molecule has 2 aromatic rings. The lowest BCUT2D eigenvalue weighted by Gasteiger charge is -2.12. The molecule has 1 heterocycles. The van der Waals surface area contributed by atoms with Gasteiger partial charge in [-0.05, 0) is 50.3 Å². The van der Waals surface area contributed by atoms with Crippen LogP contribution in [0.5, 0.6) is 0 Å². The monoisotopic (exact) mass is 283 g/mol. The summed E-state index contributed by atoms with van der Waals surface area (Å²) in [5.41, 5.74) is 4.23. The summed E-state index contributed by atoms with van der Waals surface area (Å²) >= 11 is 0. The molecule has 1 amide bonds. The number of aryl methyl sites for hydroxylation is 3. The van der Waals surface area contributed by atoms with Crippen LogP contribution >= 0.6 is 0 Å². The van der Waals surface area contributed by atoms with Crippen LogP contribution in [0.25, 0.3) is 5.69 Å². The molecular formula is C17H21N3O. The SMILES string of the molecule is Cc1ccc(C)c(-n2nc(C)cc2NC(=O)[C@H]2C[C@@H]2C)c1. The first-order valence-corrected chi connectivity index (χ1v) is 7.41. The Labute approximate surface area is 125 Å². The molecule has 1 N–H and O–H groups in total. The predicted molar refractivity (Wildman–Crippen MR) is 83.7 cm³/mol. The number of carbonyl (C=O) groups excluding carboxylic acids is 1. The zero-order chi connectivity index (χ0) is 15.1. The fourth-order valence-corrected chi connectivity index (χ4v) is 2.63. The number of anilines is 1. The molecule has 4 heteroatoms. The zero-order valence-electron chi connectivity index (χ0n) is 13.0. The van der Waals surface area contributed by atoms with E-state index in [0.29, 0.717) is 5.92 Å². The van der Waals surface area contributed by atoms with Crippen molar-refractivity contribution in [3.05, 3.63) is 41.1 Å². The maximum Gasteiger partial charge on any atom is 0.228 e. The zero-order valence-corrected chi connectivity index (χ0v) is 13.0. The molecule has 110 valence electrons. The highest BCUT2D eigenvalue weighted by molar-refractivity contribution is 5.94. The van der Waals surface area contributed by atoms with Gasteiger partial charge in [0.05, 0.1) is 11.4 Å². The van der Waals surface area contributed by atoms with Crippen molar-refractivity contribution in [1.29, 1.82) is 0 Å². The highest BCUT2D eigenvalue weighted by Crippen LogP contribution is 2.38. The average molecular weight is 283 g/mol. The van der Waals surface area contributed by atoms with E-state index in [2.05, 4.69) is 49.4 Å². The van der Waals surface area contributed by atoms with E-state index in [9.17, 15) is 4.79 Å². The summed E-state index contributed by atoms with van der Waals surface area (Å²) in [6.07, 6.45) is 0.989. The molecule has 0 aliphatic heterocycles. The summed E-state index contributed by atoms with van der Waals surface area (Å²) in [6.45, 7) is 8.16. The van der Waals surface area contributed by atoms with Gasteiger partial charge in [-0.1, -0.05) is 19.1 Å². The van der Waals surface area contributed by atoms with Crippen LogP contribution in [0, 0.1) is 32.6 Å². The van der Waals surface area contributed by atoms with Gasteiger partial charge in [-0.3, -0.25) is 4.79 Å². The van der Waals surface area contributed by atoms with Crippen LogP contribution in [0.3, 0.4) is 0 Å². The molecule has 1 aliphatic carbocycles. The molecule has 1 aromatic heterocycles. The summed E-state index contributed by atoms with van der Waals surface area (Å²) in [5.74, 6) is 1.52. The van der Waals surface area contributed by atoms with Crippen molar-refractivity contribution in [2.75, 3.05) is 5.32 Å². The molecule has 0 bridgehead atoms. The van der Waals surface area contributed by atoms with Crippen LogP contribution in [0.2, 0.25) is 0 Å². The Kier molecular flexibility index (Phi) is 3.32. The van der Waals surface area contributed by atoms with Gasteiger partial charge in [0.15, 0.2) is 0 Å². The van der Waals surface area contributed by atoms with E-state index in [0.717, 1.165) is 29.2 Å². The Bertz CT molecular complexity index is 702. The summed E-state index contributed by atoms with van der Waals surface area (Å²) < 4.78 is 1.84. The molecule has 4 nitrogen and oxygen atoms in total. The van der Waals surface area contributed by atoms with E-state index in [4.69, 9.17) is 0 Å². The summed E-state index contributed by atoms with van der Waals surface area (Å²) in [5, 5.41) is 7.57. The third kappa shape index (κ3) is 2.71. The highest BCUT2D eigenvalue weighted by Gasteiger charge is 2.39. The first-order chi connectivity index (χ1) is 9.95. The lowest BCUT2D eigenvalue weighted by molar-refractivity contribution is -0.117. The van der Waals surface area contributed by atoms with Gasteiger partial charge in [-0.2, -0.15) is 5.10 Å². The second-order valence-electron chi connectivity index (χ2n) is 6.18. The standard InChI is InChI=1S/C17H21N3O/c1-10-5-6-11(2)15(7-10)20-16(9-13(4)19-20)18-17(21)14-8-12(14)3/h5-7,9,12,14H,8H2,1-4H3,(H,18,21)/t12-,14-/m0/s1. The first-order valence-electron chi connectivity index (χ1n) is 7.41. The minimum atomic E-state index is 0.106. The molecule has 3 rings (SSSR count). The normalized spacial score (nSPS) is 20.4. The molecule has 0 spiro atoms. The molecule has 0 saturated heterocycles.